The molecule has 1 aromatic heterocycles. The summed E-state index contributed by atoms with van der Waals surface area (Å²) in [4.78, 5) is 14.8. The molecule has 2 nitrogen and oxygen atoms in total. The van der Waals surface area contributed by atoms with Crippen molar-refractivity contribution in [2.24, 2.45) is 0 Å². The summed E-state index contributed by atoms with van der Waals surface area (Å²) in [6, 6.07) is 12.4. The SMILES string of the molecule is O=C(/C=C/c1ccccc1)N(c1ccsc1)C1CCCCC1. The zero-order valence-electron chi connectivity index (χ0n) is 12.7. The maximum absolute atomic E-state index is 12.8. The molecule has 1 aromatic carbocycles. The van der Waals surface area contributed by atoms with Crippen molar-refractivity contribution < 1.29 is 4.79 Å². The van der Waals surface area contributed by atoms with Gasteiger partial charge in [-0.2, -0.15) is 11.3 Å². The number of hydrogen-bond acceptors (Lipinski definition) is 2. The summed E-state index contributed by atoms with van der Waals surface area (Å²) in [5, 5.41) is 4.11. The molecule has 2 aromatic rings. The van der Waals surface area contributed by atoms with Gasteiger partial charge in [-0.25, -0.2) is 0 Å². The van der Waals surface area contributed by atoms with Crippen LogP contribution in [-0.2, 0) is 4.79 Å². The van der Waals surface area contributed by atoms with Crippen molar-refractivity contribution in [3.63, 3.8) is 0 Å². The van der Waals surface area contributed by atoms with Gasteiger partial charge in [-0.1, -0.05) is 49.6 Å². The van der Waals surface area contributed by atoms with Crippen molar-refractivity contribution in [2.45, 2.75) is 38.1 Å². The van der Waals surface area contributed by atoms with Crippen molar-refractivity contribution in [3.05, 3.63) is 58.8 Å². The van der Waals surface area contributed by atoms with Gasteiger partial charge in [0.1, 0.15) is 0 Å². The Morgan fingerprint density at radius 2 is 1.86 bits per heavy atom. The highest BCUT2D eigenvalue weighted by Gasteiger charge is 2.25. The van der Waals surface area contributed by atoms with Gasteiger partial charge in [-0.15, -0.1) is 0 Å². The fraction of sp³-hybridized carbons (Fsp3) is 0.316. The van der Waals surface area contributed by atoms with Gasteiger partial charge < -0.3 is 4.90 Å². The third-order valence-corrected chi connectivity index (χ3v) is 4.85. The van der Waals surface area contributed by atoms with Crippen LogP contribution in [0.5, 0.6) is 0 Å². The van der Waals surface area contributed by atoms with E-state index in [1.54, 1.807) is 17.4 Å². The third-order valence-electron chi connectivity index (χ3n) is 4.18. The minimum Gasteiger partial charge on any atom is -0.305 e. The van der Waals surface area contributed by atoms with Gasteiger partial charge in [-0.05, 0) is 35.9 Å². The first kappa shape index (κ1) is 15.0. The summed E-state index contributed by atoms with van der Waals surface area (Å²) < 4.78 is 0. The minimum atomic E-state index is 0.0918. The summed E-state index contributed by atoms with van der Waals surface area (Å²) in [7, 11) is 0. The maximum Gasteiger partial charge on any atom is 0.251 e. The van der Waals surface area contributed by atoms with E-state index in [-0.39, 0.29) is 5.91 Å². The summed E-state index contributed by atoms with van der Waals surface area (Å²) in [5.41, 5.74) is 2.10. The molecule has 1 amide bonds. The van der Waals surface area contributed by atoms with Crippen LogP contribution in [0.2, 0.25) is 0 Å². The number of hydrogen-bond donors (Lipinski definition) is 0. The van der Waals surface area contributed by atoms with E-state index in [1.165, 1.54) is 19.3 Å². The molecule has 0 aliphatic heterocycles. The largest absolute Gasteiger partial charge is 0.305 e. The third kappa shape index (κ3) is 3.66. The zero-order chi connectivity index (χ0) is 15.2. The number of carbonyl (C=O) groups is 1. The van der Waals surface area contributed by atoms with E-state index in [1.807, 2.05) is 52.8 Å². The molecule has 3 heteroatoms. The first-order chi connectivity index (χ1) is 10.8. The number of carbonyl (C=O) groups excluding carboxylic acids is 1. The number of anilines is 1. The van der Waals surface area contributed by atoms with E-state index >= 15 is 0 Å². The summed E-state index contributed by atoms with van der Waals surface area (Å²) in [5.74, 6) is 0.0918. The van der Waals surface area contributed by atoms with E-state index in [4.69, 9.17) is 0 Å². The van der Waals surface area contributed by atoms with Crippen molar-refractivity contribution in [3.8, 4) is 0 Å². The molecular weight excluding hydrogens is 290 g/mol. The van der Waals surface area contributed by atoms with Crippen LogP contribution in [0, 0.1) is 0 Å². The smallest absolute Gasteiger partial charge is 0.251 e. The highest BCUT2D eigenvalue weighted by Crippen LogP contribution is 2.29. The highest BCUT2D eigenvalue weighted by molar-refractivity contribution is 7.08. The monoisotopic (exact) mass is 311 g/mol. The molecule has 114 valence electrons. The predicted molar refractivity (Wildman–Crippen MR) is 94.2 cm³/mol. The molecule has 0 saturated heterocycles. The van der Waals surface area contributed by atoms with E-state index in [9.17, 15) is 4.79 Å². The summed E-state index contributed by atoms with van der Waals surface area (Å²) >= 11 is 1.65. The second kappa shape index (κ2) is 7.41. The van der Waals surface area contributed by atoms with E-state index in [2.05, 4.69) is 5.38 Å². The van der Waals surface area contributed by atoms with Crippen LogP contribution in [0.3, 0.4) is 0 Å². The van der Waals surface area contributed by atoms with Crippen LogP contribution < -0.4 is 4.90 Å². The number of thiophene rings is 1. The Bertz CT molecular complexity index is 612. The van der Waals surface area contributed by atoms with Crippen LogP contribution in [0.1, 0.15) is 37.7 Å². The molecule has 0 atom stereocenters. The molecule has 0 radical (unpaired) electrons. The number of benzene rings is 1. The molecule has 1 fully saturated rings. The zero-order valence-corrected chi connectivity index (χ0v) is 13.5. The second-order valence-electron chi connectivity index (χ2n) is 5.73. The lowest BCUT2D eigenvalue weighted by Gasteiger charge is -2.33. The molecule has 1 saturated carbocycles. The normalized spacial score (nSPS) is 16.0. The number of amides is 1. The van der Waals surface area contributed by atoms with Crippen LogP contribution in [-0.4, -0.2) is 11.9 Å². The van der Waals surface area contributed by atoms with Gasteiger partial charge in [0.05, 0.1) is 5.69 Å². The Balaban J connectivity index is 1.79. The lowest BCUT2D eigenvalue weighted by atomic mass is 9.94. The van der Waals surface area contributed by atoms with Gasteiger partial charge in [0.25, 0.3) is 5.91 Å². The Morgan fingerprint density at radius 1 is 1.09 bits per heavy atom. The average molecular weight is 311 g/mol. The number of nitrogens with zero attached hydrogens (tertiary/aromatic N) is 1. The van der Waals surface area contributed by atoms with Crippen LogP contribution in [0.15, 0.2) is 53.2 Å². The Kier molecular flexibility index (Phi) is 5.07. The maximum atomic E-state index is 12.8. The molecule has 22 heavy (non-hydrogen) atoms. The quantitative estimate of drug-likeness (QED) is 0.717. The van der Waals surface area contributed by atoms with Gasteiger partial charge in [0, 0.05) is 17.5 Å². The molecule has 1 aliphatic carbocycles. The first-order valence-corrected chi connectivity index (χ1v) is 8.87. The topological polar surface area (TPSA) is 20.3 Å². The molecule has 1 heterocycles. The van der Waals surface area contributed by atoms with Gasteiger partial charge >= 0.3 is 0 Å². The second-order valence-corrected chi connectivity index (χ2v) is 6.51. The molecule has 0 N–H and O–H groups in total. The van der Waals surface area contributed by atoms with Crippen LogP contribution in [0.25, 0.3) is 6.08 Å². The van der Waals surface area contributed by atoms with Gasteiger partial charge in [-0.3, -0.25) is 4.79 Å². The van der Waals surface area contributed by atoms with E-state index in [0.717, 1.165) is 24.1 Å². The molecule has 3 rings (SSSR count). The van der Waals surface area contributed by atoms with E-state index in [0.29, 0.717) is 6.04 Å². The fourth-order valence-corrected chi connectivity index (χ4v) is 3.69. The summed E-state index contributed by atoms with van der Waals surface area (Å²) in [6.07, 6.45) is 9.58. The van der Waals surface area contributed by atoms with Gasteiger partial charge in [0.15, 0.2) is 0 Å². The molecule has 0 spiro atoms. The standard InChI is InChI=1S/C19H21NOS/c21-19(12-11-16-7-3-1-4-8-16)20(18-13-14-22-15-18)17-9-5-2-6-10-17/h1,3-4,7-8,11-15,17H,2,5-6,9-10H2/b12-11+. The molecule has 1 aliphatic rings. The number of rotatable bonds is 4. The molecule has 0 bridgehead atoms. The highest BCUT2D eigenvalue weighted by atomic mass is 32.1. The lowest BCUT2D eigenvalue weighted by molar-refractivity contribution is -0.114. The van der Waals surface area contributed by atoms with Crippen molar-refractivity contribution in [1.29, 1.82) is 0 Å². The van der Waals surface area contributed by atoms with Crippen molar-refractivity contribution in [1.82, 2.24) is 0 Å². The average Bonchev–Trinajstić information content (AvgIpc) is 3.09. The van der Waals surface area contributed by atoms with Crippen LogP contribution >= 0.6 is 11.3 Å². The minimum absolute atomic E-state index is 0.0918. The van der Waals surface area contributed by atoms with Crippen molar-refractivity contribution in [2.75, 3.05) is 4.90 Å². The lowest BCUT2D eigenvalue weighted by Crippen LogP contribution is -2.40. The van der Waals surface area contributed by atoms with Crippen molar-refractivity contribution >= 4 is 29.0 Å². The Labute approximate surface area is 136 Å². The molecule has 0 unspecified atom stereocenters. The van der Waals surface area contributed by atoms with Gasteiger partial charge in [0.2, 0.25) is 0 Å². The first-order valence-electron chi connectivity index (χ1n) is 7.93. The van der Waals surface area contributed by atoms with E-state index < -0.39 is 0 Å². The fourth-order valence-electron chi connectivity index (χ4n) is 3.06. The summed E-state index contributed by atoms with van der Waals surface area (Å²) in [6.45, 7) is 0. The predicted octanol–water partition coefficient (Wildman–Crippen LogP) is 5.13. The molecular formula is C19H21NOS. The van der Waals surface area contributed by atoms with Crippen LogP contribution in [0.4, 0.5) is 5.69 Å². The Morgan fingerprint density at radius 3 is 2.55 bits per heavy atom. The Hall–Kier alpha value is -1.87.